The van der Waals surface area contributed by atoms with Gasteiger partial charge < -0.3 is 18.8 Å². The van der Waals surface area contributed by atoms with Crippen LogP contribution in [0, 0.1) is 5.92 Å². The van der Waals surface area contributed by atoms with Crippen molar-refractivity contribution in [1.29, 1.82) is 0 Å². The average molecular weight is 425 g/mol. The molecule has 9 heteroatoms. The van der Waals surface area contributed by atoms with Gasteiger partial charge in [-0.1, -0.05) is 13.8 Å². The zero-order chi connectivity index (χ0) is 22.0. The summed E-state index contributed by atoms with van der Waals surface area (Å²) >= 11 is 0. The van der Waals surface area contributed by atoms with Crippen LogP contribution in [-0.2, 0) is 11.2 Å². The molecule has 1 unspecified atom stereocenters. The summed E-state index contributed by atoms with van der Waals surface area (Å²) in [5, 5.41) is 6.66. The van der Waals surface area contributed by atoms with Gasteiger partial charge in [0.15, 0.2) is 17.0 Å². The predicted molar refractivity (Wildman–Crippen MR) is 115 cm³/mol. The van der Waals surface area contributed by atoms with E-state index in [4.69, 9.17) is 19.2 Å². The van der Waals surface area contributed by atoms with Crippen LogP contribution in [0.3, 0.4) is 0 Å². The summed E-state index contributed by atoms with van der Waals surface area (Å²) in [6.45, 7) is 5.48. The maximum Gasteiger partial charge on any atom is 0.257 e. The van der Waals surface area contributed by atoms with Crippen molar-refractivity contribution in [2.45, 2.75) is 32.7 Å². The zero-order valence-corrected chi connectivity index (χ0v) is 18.2. The third-order valence-electron chi connectivity index (χ3n) is 5.53. The van der Waals surface area contributed by atoms with E-state index < -0.39 is 0 Å². The van der Waals surface area contributed by atoms with E-state index in [2.05, 4.69) is 33.6 Å². The largest absolute Gasteiger partial charge is 0.488 e. The number of nitrogens with one attached hydrogen (secondary N) is 1. The van der Waals surface area contributed by atoms with Crippen LogP contribution in [0.4, 0.5) is 0 Å². The molecule has 0 radical (unpaired) electrons. The quantitative estimate of drug-likeness (QED) is 0.553. The summed E-state index contributed by atoms with van der Waals surface area (Å²) in [7, 11) is 3.23. The number of hydrogen-bond donors (Lipinski definition) is 1. The fraction of sp³-hybridized carbons (Fsp3) is 0.455. The topological polar surface area (TPSA) is 104 Å². The smallest absolute Gasteiger partial charge is 0.257 e. The molecule has 4 rings (SSSR count). The second-order valence-corrected chi connectivity index (χ2v) is 7.89. The Bertz CT molecular complexity index is 1110. The summed E-state index contributed by atoms with van der Waals surface area (Å²) in [5.41, 5.74) is 2.88. The molecule has 1 aliphatic heterocycles. The average Bonchev–Trinajstić information content (AvgIpc) is 3.29. The highest BCUT2D eigenvalue weighted by molar-refractivity contribution is 5.67. The van der Waals surface area contributed by atoms with Crippen LogP contribution < -0.4 is 14.9 Å². The van der Waals surface area contributed by atoms with Crippen molar-refractivity contribution < 1.29 is 14.2 Å². The molecule has 0 bridgehead atoms. The molecule has 0 saturated carbocycles. The molecule has 0 saturated heterocycles. The Balaban J connectivity index is 1.80. The first-order chi connectivity index (χ1) is 15.0. The number of aromatic nitrogens is 5. The Hall–Kier alpha value is -3.20. The summed E-state index contributed by atoms with van der Waals surface area (Å²) < 4.78 is 18.6. The van der Waals surface area contributed by atoms with Crippen LogP contribution >= 0.6 is 0 Å². The maximum atomic E-state index is 12.9. The molecule has 1 N–H and O–H groups in total. The van der Waals surface area contributed by atoms with Gasteiger partial charge in [0.1, 0.15) is 6.33 Å². The van der Waals surface area contributed by atoms with Crippen LogP contribution in [0.15, 0.2) is 29.5 Å². The number of pyridine rings is 2. The summed E-state index contributed by atoms with van der Waals surface area (Å²) in [4.78, 5) is 21.8. The first-order valence-electron chi connectivity index (χ1n) is 10.4. The molecular weight excluding hydrogens is 398 g/mol. The third-order valence-corrected chi connectivity index (χ3v) is 5.53. The minimum Gasteiger partial charge on any atom is -0.488 e. The summed E-state index contributed by atoms with van der Waals surface area (Å²) in [6.07, 6.45) is 4.79. The van der Waals surface area contributed by atoms with E-state index in [0.717, 1.165) is 29.8 Å². The monoisotopic (exact) mass is 425 g/mol. The van der Waals surface area contributed by atoms with Crippen LogP contribution in [0.2, 0.25) is 0 Å². The van der Waals surface area contributed by atoms with E-state index >= 15 is 0 Å². The lowest BCUT2D eigenvalue weighted by Gasteiger charge is -2.33. The van der Waals surface area contributed by atoms with Crippen molar-refractivity contribution in [3.8, 4) is 34.4 Å². The molecule has 31 heavy (non-hydrogen) atoms. The van der Waals surface area contributed by atoms with Crippen LogP contribution in [-0.4, -0.2) is 52.2 Å². The lowest BCUT2D eigenvalue weighted by atomic mass is 9.89. The molecule has 1 atom stereocenters. The maximum absolute atomic E-state index is 12.9. The van der Waals surface area contributed by atoms with Gasteiger partial charge in [0.2, 0.25) is 0 Å². The Morgan fingerprint density at radius 2 is 2.10 bits per heavy atom. The van der Waals surface area contributed by atoms with Crippen molar-refractivity contribution in [1.82, 2.24) is 24.7 Å². The van der Waals surface area contributed by atoms with Crippen molar-refractivity contribution in [2.75, 3.05) is 27.4 Å². The Morgan fingerprint density at radius 1 is 1.26 bits per heavy atom. The number of hydrogen-bond acceptors (Lipinski definition) is 7. The van der Waals surface area contributed by atoms with Gasteiger partial charge in [0.25, 0.3) is 5.88 Å². The van der Waals surface area contributed by atoms with Crippen molar-refractivity contribution in [2.24, 2.45) is 5.92 Å². The van der Waals surface area contributed by atoms with Gasteiger partial charge in [0.05, 0.1) is 30.7 Å². The van der Waals surface area contributed by atoms with Gasteiger partial charge in [-0.05, 0) is 24.0 Å². The molecule has 9 nitrogen and oxygen atoms in total. The lowest BCUT2D eigenvalue weighted by Crippen LogP contribution is -2.27. The van der Waals surface area contributed by atoms with Gasteiger partial charge in [-0.25, -0.2) is 9.97 Å². The highest BCUT2D eigenvalue weighted by atomic mass is 16.5. The van der Waals surface area contributed by atoms with Gasteiger partial charge in [-0.15, -0.1) is 0 Å². The second-order valence-electron chi connectivity index (χ2n) is 7.89. The number of methoxy groups -OCH3 is 2. The molecule has 0 aliphatic carbocycles. The van der Waals surface area contributed by atoms with Gasteiger partial charge in [-0.3, -0.25) is 9.89 Å². The standard InChI is InChI=1S/C22H27N5O4/c1-13(2)16-8-14-9-19(31-7-5-6-29-3)22(30-4)25-20(14)17-10-18(28)15(11-27(16)17)21-23-12-24-26-21/h9-13,16H,5-8H2,1-4H3,(H,23,24,26). The molecule has 4 heterocycles. The number of fused-ring (bicyclic) bond motifs is 3. The molecule has 1 aliphatic rings. The third kappa shape index (κ3) is 4.05. The first kappa shape index (κ1) is 21.0. The Morgan fingerprint density at radius 3 is 2.77 bits per heavy atom. The zero-order valence-electron chi connectivity index (χ0n) is 18.2. The van der Waals surface area contributed by atoms with E-state index in [0.29, 0.717) is 42.1 Å². The SMILES string of the molecule is COCCCOc1cc2c(nc1OC)-c1cc(=O)c(-c3ncn[nH]3)cn1C(C(C)C)C2. The number of ether oxygens (including phenoxy) is 3. The second kappa shape index (κ2) is 8.89. The van der Waals surface area contributed by atoms with Crippen LogP contribution in [0.5, 0.6) is 11.6 Å². The van der Waals surface area contributed by atoms with Gasteiger partial charge >= 0.3 is 0 Å². The van der Waals surface area contributed by atoms with Crippen LogP contribution in [0.25, 0.3) is 22.8 Å². The van der Waals surface area contributed by atoms with Crippen LogP contribution in [0.1, 0.15) is 31.9 Å². The number of H-pyrrole nitrogens is 1. The number of aromatic amines is 1. The minimum absolute atomic E-state index is 0.140. The molecule has 0 aromatic carbocycles. The van der Waals surface area contributed by atoms with E-state index in [-0.39, 0.29) is 11.5 Å². The highest BCUT2D eigenvalue weighted by Crippen LogP contribution is 2.40. The Labute approximate surface area is 180 Å². The minimum atomic E-state index is -0.140. The number of nitrogens with zero attached hydrogens (tertiary/aromatic N) is 4. The molecule has 3 aromatic heterocycles. The first-order valence-corrected chi connectivity index (χ1v) is 10.4. The normalized spacial score (nSPS) is 14.9. The molecule has 164 valence electrons. The van der Waals surface area contributed by atoms with E-state index in [9.17, 15) is 4.79 Å². The van der Waals surface area contributed by atoms with Crippen molar-refractivity contribution in [3.63, 3.8) is 0 Å². The van der Waals surface area contributed by atoms with Crippen molar-refractivity contribution >= 4 is 0 Å². The van der Waals surface area contributed by atoms with Gasteiger partial charge in [-0.2, -0.15) is 5.10 Å². The molecule has 0 amide bonds. The van der Waals surface area contributed by atoms with Gasteiger partial charge in [0, 0.05) is 38.4 Å². The predicted octanol–water partition coefficient (Wildman–Crippen LogP) is 2.87. The Kier molecular flexibility index (Phi) is 6.03. The molecular formula is C22H27N5O4. The fourth-order valence-corrected chi connectivity index (χ4v) is 3.94. The molecule has 0 spiro atoms. The number of rotatable bonds is 8. The highest BCUT2D eigenvalue weighted by Gasteiger charge is 2.30. The lowest BCUT2D eigenvalue weighted by molar-refractivity contribution is 0.170. The molecule has 0 fully saturated rings. The summed E-state index contributed by atoms with van der Waals surface area (Å²) in [5.74, 6) is 1.80. The summed E-state index contributed by atoms with van der Waals surface area (Å²) in [6, 6.07) is 3.76. The van der Waals surface area contributed by atoms with E-state index in [1.165, 1.54) is 6.33 Å². The van der Waals surface area contributed by atoms with E-state index in [1.54, 1.807) is 20.3 Å². The fourth-order valence-electron chi connectivity index (χ4n) is 3.94. The van der Waals surface area contributed by atoms with E-state index in [1.807, 2.05) is 12.3 Å². The van der Waals surface area contributed by atoms with Crippen molar-refractivity contribution in [3.05, 3.63) is 40.4 Å². The molecule has 3 aromatic rings.